The first-order chi connectivity index (χ1) is 14.8. The first-order valence-electron chi connectivity index (χ1n) is 9.83. The molecule has 3 nitrogen and oxygen atoms in total. The fourth-order valence-corrected chi connectivity index (χ4v) is 4.33. The minimum Gasteiger partial charge on any atom is -0.481 e. The largest absolute Gasteiger partial charge is 0.481 e. The second-order valence-corrected chi connectivity index (χ2v) is 8.33. The van der Waals surface area contributed by atoms with Gasteiger partial charge >= 0.3 is 18.3 Å². The van der Waals surface area contributed by atoms with Crippen LogP contribution in [0.4, 0.5) is 26.3 Å². The molecule has 0 aromatic heterocycles. The lowest BCUT2D eigenvalue weighted by Crippen LogP contribution is -2.37. The first-order valence-corrected chi connectivity index (χ1v) is 10.2. The Hall–Kier alpha value is -2.26. The molecule has 1 saturated heterocycles. The van der Waals surface area contributed by atoms with Crippen molar-refractivity contribution >= 4 is 17.6 Å². The predicted octanol–water partition coefficient (Wildman–Crippen LogP) is 6.81. The summed E-state index contributed by atoms with van der Waals surface area (Å²) < 4.78 is 79.2. The molecule has 0 saturated carbocycles. The van der Waals surface area contributed by atoms with Gasteiger partial charge in [0, 0.05) is 24.0 Å². The lowest BCUT2D eigenvalue weighted by Gasteiger charge is -2.40. The van der Waals surface area contributed by atoms with Crippen molar-refractivity contribution in [1.29, 1.82) is 0 Å². The number of halogens is 7. The molecule has 0 aliphatic carbocycles. The molecule has 0 spiro atoms. The van der Waals surface area contributed by atoms with Crippen LogP contribution in [-0.4, -0.2) is 22.5 Å². The number of rotatable bonds is 5. The van der Waals surface area contributed by atoms with E-state index < -0.39 is 35.5 Å². The van der Waals surface area contributed by atoms with Gasteiger partial charge in [-0.3, -0.25) is 9.69 Å². The number of nitrogens with zero attached hydrogens (tertiary/aromatic N) is 1. The molecular formula is C22H20ClF6NO2. The molecule has 2 aromatic carbocycles. The van der Waals surface area contributed by atoms with E-state index in [-0.39, 0.29) is 29.5 Å². The van der Waals surface area contributed by atoms with Gasteiger partial charge in [-0.25, -0.2) is 0 Å². The number of carbonyl (C=O) groups is 1. The van der Waals surface area contributed by atoms with E-state index in [1.807, 2.05) is 0 Å². The quantitative estimate of drug-likeness (QED) is 0.479. The summed E-state index contributed by atoms with van der Waals surface area (Å²) in [6, 6.07) is 7.21. The van der Waals surface area contributed by atoms with Crippen molar-refractivity contribution in [3.8, 4) is 0 Å². The van der Waals surface area contributed by atoms with Crippen LogP contribution >= 0.6 is 11.6 Å². The summed E-state index contributed by atoms with van der Waals surface area (Å²) in [4.78, 5) is 12.9. The van der Waals surface area contributed by atoms with E-state index in [9.17, 15) is 31.1 Å². The summed E-state index contributed by atoms with van der Waals surface area (Å²) in [6.07, 6.45) is -8.47. The summed E-state index contributed by atoms with van der Waals surface area (Å²) in [5, 5.41) is 9.27. The van der Waals surface area contributed by atoms with E-state index in [1.54, 1.807) is 4.90 Å². The third-order valence-corrected chi connectivity index (χ3v) is 5.89. The molecule has 1 aliphatic heterocycles. The van der Waals surface area contributed by atoms with E-state index in [0.29, 0.717) is 24.9 Å². The standard InChI is InChI=1S/C22H20ClF6NO2/c23-17-5-6-18(22(27,28)29)15(11-17)12-30-8-7-13(10-20(31)32)9-19(30)14-1-3-16(4-2-14)21(24,25)26/h1-6,11,13,19H,7-10,12H2,(H,31,32). The lowest BCUT2D eigenvalue weighted by atomic mass is 9.84. The number of alkyl halides is 6. The Morgan fingerprint density at radius 3 is 2.25 bits per heavy atom. The average Bonchev–Trinajstić information content (AvgIpc) is 2.67. The number of aliphatic carboxylic acids is 1. The number of likely N-dealkylation sites (tertiary alicyclic amines) is 1. The van der Waals surface area contributed by atoms with Crippen LogP contribution in [0.25, 0.3) is 0 Å². The van der Waals surface area contributed by atoms with E-state index in [2.05, 4.69) is 0 Å². The van der Waals surface area contributed by atoms with Crippen LogP contribution < -0.4 is 0 Å². The second-order valence-electron chi connectivity index (χ2n) is 7.89. The maximum absolute atomic E-state index is 13.5. The Balaban J connectivity index is 1.93. The maximum Gasteiger partial charge on any atom is 0.416 e. The van der Waals surface area contributed by atoms with Gasteiger partial charge in [0.25, 0.3) is 0 Å². The fraction of sp³-hybridized carbons (Fsp3) is 0.409. The molecule has 2 atom stereocenters. The summed E-state index contributed by atoms with van der Waals surface area (Å²) in [7, 11) is 0. The Kier molecular flexibility index (Phi) is 7.09. The van der Waals surface area contributed by atoms with Crippen molar-refractivity contribution in [1.82, 2.24) is 4.90 Å². The Labute approximate surface area is 185 Å². The van der Waals surface area contributed by atoms with E-state index in [0.717, 1.165) is 24.3 Å². The first kappa shape index (κ1) is 24.4. The van der Waals surface area contributed by atoms with E-state index in [1.165, 1.54) is 18.2 Å². The summed E-state index contributed by atoms with van der Waals surface area (Å²) >= 11 is 5.92. The third-order valence-electron chi connectivity index (χ3n) is 5.65. The van der Waals surface area contributed by atoms with Crippen molar-refractivity contribution in [2.24, 2.45) is 5.92 Å². The average molecular weight is 480 g/mol. The van der Waals surface area contributed by atoms with Gasteiger partial charge in [-0.2, -0.15) is 26.3 Å². The molecule has 174 valence electrons. The van der Waals surface area contributed by atoms with Gasteiger partial charge in [-0.15, -0.1) is 0 Å². The minimum atomic E-state index is -4.59. The number of benzene rings is 2. The van der Waals surface area contributed by atoms with Gasteiger partial charge in [0.1, 0.15) is 0 Å². The van der Waals surface area contributed by atoms with Crippen LogP contribution in [0, 0.1) is 5.92 Å². The van der Waals surface area contributed by atoms with Crippen molar-refractivity contribution in [3.63, 3.8) is 0 Å². The van der Waals surface area contributed by atoms with Gasteiger partial charge in [-0.1, -0.05) is 23.7 Å². The van der Waals surface area contributed by atoms with Crippen molar-refractivity contribution in [2.45, 2.75) is 44.2 Å². The van der Waals surface area contributed by atoms with Gasteiger partial charge in [-0.05, 0) is 66.8 Å². The lowest BCUT2D eigenvalue weighted by molar-refractivity contribution is -0.140. The van der Waals surface area contributed by atoms with Crippen LogP contribution in [0.5, 0.6) is 0 Å². The van der Waals surface area contributed by atoms with Gasteiger partial charge in [0.2, 0.25) is 0 Å². The third kappa shape index (κ3) is 5.95. The van der Waals surface area contributed by atoms with Crippen molar-refractivity contribution in [3.05, 3.63) is 69.7 Å². The molecule has 1 fully saturated rings. The van der Waals surface area contributed by atoms with Crippen LogP contribution in [0.1, 0.15) is 47.6 Å². The molecular weight excluding hydrogens is 460 g/mol. The Bertz CT molecular complexity index is 958. The molecule has 2 aromatic rings. The SMILES string of the molecule is O=C(O)CC1CCN(Cc2cc(Cl)ccc2C(F)(F)F)C(c2ccc(C(F)(F)F)cc2)C1. The fourth-order valence-electron chi connectivity index (χ4n) is 4.14. The monoisotopic (exact) mass is 479 g/mol. The molecule has 2 unspecified atom stereocenters. The van der Waals surface area contributed by atoms with E-state index >= 15 is 0 Å². The number of hydrogen-bond acceptors (Lipinski definition) is 2. The number of piperidine rings is 1. The topological polar surface area (TPSA) is 40.5 Å². The highest BCUT2D eigenvalue weighted by atomic mass is 35.5. The smallest absolute Gasteiger partial charge is 0.416 e. The molecule has 3 rings (SSSR count). The molecule has 0 bridgehead atoms. The maximum atomic E-state index is 13.5. The molecule has 10 heteroatoms. The molecule has 32 heavy (non-hydrogen) atoms. The van der Waals surface area contributed by atoms with Crippen molar-refractivity contribution < 1.29 is 36.2 Å². The van der Waals surface area contributed by atoms with Gasteiger partial charge < -0.3 is 5.11 Å². The molecule has 0 amide bonds. The molecule has 1 N–H and O–H groups in total. The normalized spacial score (nSPS) is 20.3. The minimum absolute atomic E-state index is 0.0430. The summed E-state index contributed by atoms with van der Waals surface area (Å²) in [5.74, 6) is -1.23. The highest BCUT2D eigenvalue weighted by Crippen LogP contribution is 2.40. The van der Waals surface area contributed by atoms with Crippen molar-refractivity contribution in [2.75, 3.05) is 6.54 Å². The number of carboxylic acid groups (broad SMARTS) is 1. The van der Waals surface area contributed by atoms with Gasteiger partial charge in [0.05, 0.1) is 11.1 Å². The second kappa shape index (κ2) is 9.31. The highest BCUT2D eigenvalue weighted by Gasteiger charge is 2.36. The molecule has 0 radical (unpaired) electrons. The summed E-state index contributed by atoms with van der Waals surface area (Å²) in [6.45, 7) is 0.175. The predicted molar refractivity (Wildman–Crippen MR) is 106 cm³/mol. The summed E-state index contributed by atoms with van der Waals surface area (Å²) in [5.41, 5.74) is -1.22. The zero-order chi connectivity index (χ0) is 23.7. The molecule has 1 aliphatic rings. The van der Waals surface area contributed by atoms with Crippen LogP contribution in [0.15, 0.2) is 42.5 Å². The van der Waals surface area contributed by atoms with Gasteiger partial charge in [0.15, 0.2) is 0 Å². The number of hydrogen-bond donors (Lipinski definition) is 1. The number of carboxylic acids is 1. The Morgan fingerprint density at radius 1 is 1.03 bits per heavy atom. The van der Waals surface area contributed by atoms with Crippen LogP contribution in [-0.2, 0) is 23.7 Å². The van der Waals surface area contributed by atoms with Crippen LogP contribution in [0.3, 0.4) is 0 Å². The molecule has 1 heterocycles. The zero-order valence-electron chi connectivity index (χ0n) is 16.7. The van der Waals surface area contributed by atoms with Crippen LogP contribution in [0.2, 0.25) is 5.02 Å². The zero-order valence-corrected chi connectivity index (χ0v) is 17.4. The highest BCUT2D eigenvalue weighted by molar-refractivity contribution is 6.30. The van der Waals surface area contributed by atoms with E-state index in [4.69, 9.17) is 16.7 Å². The Morgan fingerprint density at radius 2 is 1.69 bits per heavy atom.